The van der Waals surface area contributed by atoms with E-state index in [1.54, 1.807) is 13.3 Å². The van der Waals surface area contributed by atoms with Crippen molar-refractivity contribution in [3.05, 3.63) is 54.0 Å². The topological polar surface area (TPSA) is 105 Å². The van der Waals surface area contributed by atoms with E-state index in [4.69, 9.17) is 14.9 Å². The summed E-state index contributed by atoms with van der Waals surface area (Å²) in [6.45, 7) is 3.56. The summed E-state index contributed by atoms with van der Waals surface area (Å²) in [6, 6.07) is 11.9. The fourth-order valence-electron chi connectivity index (χ4n) is 3.77. The van der Waals surface area contributed by atoms with E-state index in [0.29, 0.717) is 5.75 Å². The number of nitrogens with one attached hydrogen (secondary N) is 2. The molecule has 1 saturated heterocycles. The molecule has 0 saturated carbocycles. The fraction of sp³-hybridized carbons (Fsp3) is 0.478. The average Bonchev–Trinajstić information content (AvgIpc) is 3.33. The summed E-state index contributed by atoms with van der Waals surface area (Å²) < 4.78 is 11.0. The van der Waals surface area contributed by atoms with Gasteiger partial charge in [0.1, 0.15) is 11.5 Å². The Hall–Kier alpha value is -2.27. The van der Waals surface area contributed by atoms with Gasteiger partial charge in [-0.3, -0.25) is 14.7 Å². The lowest BCUT2D eigenvalue weighted by Gasteiger charge is -2.33. The number of piperidine rings is 1. The number of aliphatic imine (C=N–C) groups is 1. The molecular weight excluding hydrogens is 521 g/mol. The smallest absolute Gasteiger partial charge is 0.255 e. The van der Waals surface area contributed by atoms with E-state index in [0.717, 1.165) is 49.9 Å². The van der Waals surface area contributed by atoms with E-state index in [1.807, 2.05) is 36.4 Å². The van der Waals surface area contributed by atoms with Gasteiger partial charge in [0.05, 0.1) is 12.3 Å². The zero-order valence-corrected chi connectivity index (χ0v) is 20.9. The molecule has 1 amide bonds. The van der Waals surface area contributed by atoms with Crippen LogP contribution in [-0.2, 0) is 11.2 Å². The van der Waals surface area contributed by atoms with Gasteiger partial charge < -0.3 is 25.5 Å². The molecule has 0 aliphatic carbocycles. The van der Waals surface area contributed by atoms with Crippen LogP contribution < -0.4 is 21.1 Å². The van der Waals surface area contributed by atoms with Crippen LogP contribution in [0.2, 0.25) is 0 Å². The van der Waals surface area contributed by atoms with Crippen molar-refractivity contribution in [1.82, 2.24) is 15.5 Å². The number of amides is 1. The highest BCUT2D eigenvalue weighted by Crippen LogP contribution is 2.24. The minimum absolute atomic E-state index is 0. The zero-order valence-electron chi connectivity index (χ0n) is 18.6. The van der Waals surface area contributed by atoms with E-state index in [9.17, 15) is 4.79 Å². The Morgan fingerprint density at radius 2 is 1.94 bits per heavy atom. The molecule has 2 aromatic rings. The second kappa shape index (κ2) is 14.0. The van der Waals surface area contributed by atoms with Crippen LogP contribution in [0.5, 0.6) is 5.75 Å². The van der Waals surface area contributed by atoms with Crippen molar-refractivity contribution in [3.8, 4) is 5.75 Å². The van der Waals surface area contributed by atoms with Crippen LogP contribution >= 0.6 is 24.0 Å². The average molecular weight is 555 g/mol. The van der Waals surface area contributed by atoms with Gasteiger partial charge in [0.2, 0.25) is 0 Å². The first-order chi connectivity index (χ1) is 15.2. The first-order valence-corrected chi connectivity index (χ1v) is 10.9. The second-order valence-electron chi connectivity index (χ2n) is 7.66. The minimum atomic E-state index is -0.485. The number of halogens is 1. The molecule has 9 heteroatoms. The molecule has 32 heavy (non-hydrogen) atoms. The number of carbonyl (C=O) groups excluding carboxylic acids is 1. The second-order valence-corrected chi connectivity index (χ2v) is 7.66. The van der Waals surface area contributed by atoms with Gasteiger partial charge in [-0.1, -0.05) is 18.6 Å². The first-order valence-electron chi connectivity index (χ1n) is 10.9. The number of guanidine groups is 1. The third kappa shape index (κ3) is 8.34. The van der Waals surface area contributed by atoms with Gasteiger partial charge in [-0.05, 0) is 62.2 Å². The number of carbonyl (C=O) groups is 1. The molecule has 0 spiro atoms. The van der Waals surface area contributed by atoms with Crippen molar-refractivity contribution in [2.24, 2.45) is 10.7 Å². The predicted molar refractivity (Wildman–Crippen MR) is 136 cm³/mol. The molecule has 176 valence electrons. The van der Waals surface area contributed by atoms with Crippen LogP contribution in [0.25, 0.3) is 0 Å². The lowest BCUT2D eigenvalue weighted by Crippen LogP contribution is -2.44. The Morgan fingerprint density at radius 3 is 2.56 bits per heavy atom. The van der Waals surface area contributed by atoms with E-state index >= 15 is 0 Å². The summed E-state index contributed by atoms with van der Waals surface area (Å²) >= 11 is 0. The molecular formula is C23H34IN5O3. The highest BCUT2D eigenvalue weighted by Gasteiger charge is 2.24. The molecule has 1 aliphatic heterocycles. The molecule has 0 radical (unpaired) electrons. The van der Waals surface area contributed by atoms with Crippen molar-refractivity contribution in [1.29, 1.82) is 0 Å². The third-order valence-corrected chi connectivity index (χ3v) is 5.40. The number of benzene rings is 1. The molecule has 1 aromatic carbocycles. The van der Waals surface area contributed by atoms with Crippen molar-refractivity contribution < 1.29 is 13.9 Å². The van der Waals surface area contributed by atoms with Gasteiger partial charge in [0, 0.05) is 20.1 Å². The Labute approximate surface area is 207 Å². The van der Waals surface area contributed by atoms with Crippen molar-refractivity contribution in [3.63, 3.8) is 0 Å². The number of rotatable bonds is 10. The Bertz CT molecular complexity index is 821. The summed E-state index contributed by atoms with van der Waals surface area (Å²) in [5.41, 5.74) is 6.26. The third-order valence-electron chi connectivity index (χ3n) is 5.40. The van der Waals surface area contributed by atoms with Gasteiger partial charge in [-0.25, -0.2) is 0 Å². The summed E-state index contributed by atoms with van der Waals surface area (Å²) in [4.78, 5) is 17.6. The lowest BCUT2D eigenvalue weighted by molar-refractivity contribution is -0.119. The molecule has 1 unspecified atom stereocenters. The minimum Gasteiger partial charge on any atom is -0.484 e. The monoisotopic (exact) mass is 555 g/mol. The lowest BCUT2D eigenvalue weighted by atomic mass is 10.1. The fourth-order valence-corrected chi connectivity index (χ4v) is 3.77. The van der Waals surface area contributed by atoms with Crippen LogP contribution in [-0.4, -0.2) is 56.6 Å². The number of ether oxygens (including phenoxy) is 1. The molecule has 1 fully saturated rings. The molecule has 1 aliphatic rings. The SMILES string of the molecule is CN=C(NCCc1ccc(OCC(N)=O)cc1)NCC(c1ccco1)N1CCCCC1.I. The Balaban J connectivity index is 0.00000363. The number of primary amides is 1. The first kappa shape index (κ1) is 26.0. The number of furan rings is 1. The molecule has 4 N–H and O–H groups in total. The van der Waals surface area contributed by atoms with Gasteiger partial charge in [-0.2, -0.15) is 0 Å². The summed E-state index contributed by atoms with van der Waals surface area (Å²) in [6.07, 6.45) is 6.34. The zero-order chi connectivity index (χ0) is 21.9. The molecule has 2 heterocycles. The number of nitrogens with two attached hydrogens (primary N) is 1. The van der Waals surface area contributed by atoms with Gasteiger partial charge in [0.25, 0.3) is 5.91 Å². The van der Waals surface area contributed by atoms with Crippen LogP contribution in [0.15, 0.2) is 52.1 Å². The highest BCUT2D eigenvalue weighted by molar-refractivity contribution is 14.0. The summed E-state index contributed by atoms with van der Waals surface area (Å²) in [5, 5.41) is 6.82. The Kier molecular flexibility index (Phi) is 11.4. The van der Waals surface area contributed by atoms with E-state index < -0.39 is 5.91 Å². The van der Waals surface area contributed by atoms with Crippen LogP contribution in [0, 0.1) is 0 Å². The summed E-state index contributed by atoms with van der Waals surface area (Å²) in [7, 11) is 1.78. The molecule has 0 bridgehead atoms. The highest BCUT2D eigenvalue weighted by atomic mass is 127. The molecule has 8 nitrogen and oxygen atoms in total. The van der Waals surface area contributed by atoms with Gasteiger partial charge in [0.15, 0.2) is 12.6 Å². The van der Waals surface area contributed by atoms with Gasteiger partial charge >= 0.3 is 0 Å². The maximum atomic E-state index is 10.8. The van der Waals surface area contributed by atoms with E-state index in [1.165, 1.54) is 19.3 Å². The van der Waals surface area contributed by atoms with Gasteiger partial charge in [-0.15, -0.1) is 24.0 Å². The van der Waals surface area contributed by atoms with Crippen molar-refractivity contribution in [2.45, 2.75) is 31.7 Å². The Morgan fingerprint density at radius 1 is 1.19 bits per heavy atom. The molecule has 1 atom stereocenters. The number of likely N-dealkylation sites (tertiary alicyclic amines) is 1. The summed E-state index contributed by atoms with van der Waals surface area (Å²) in [5.74, 6) is 1.91. The van der Waals surface area contributed by atoms with E-state index in [-0.39, 0.29) is 36.6 Å². The molecule has 1 aromatic heterocycles. The number of hydrogen-bond acceptors (Lipinski definition) is 5. The number of hydrogen-bond donors (Lipinski definition) is 3. The maximum absolute atomic E-state index is 10.8. The standard InChI is InChI=1S/C23H33N5O3.HI/c1-25-23(26-12-11-18-7-9-19(10-8-18)31-17-22(24)29)27-16-20(21-6-5-15-30-21)28-13-3-2-4-14-28;/h5-10,15,20H,2-4,11-14,16-17H2,1H3,(H2,24,29)(H2,25,26,27);1H. The van der Waals surface area contributed by atoms with Crippen molar-refractivity contribution >= 4 is 35.8 Å². The van der Waals surface area contributed by atoms with E-state index in [2.05, 4.69) is 20.5 Å². The van der Waals surface area contributed by atoms with Crippen LogP contribution in [0.1, 0.15) is 36.6 Å². The van der Waals surface area contributed by atoms with Crippen LogP contribution in [0.3, 0.4) is 0 Å². The largest absolute Gasteiger partial charge is 0.484 e. The quantitative estimate of drug-likeness (QED) is 0.237. The van der Waals surface area contributed by atoms with Crippen molar-refractivity contribution in [2.75, 3.05) is 39.8 Å². The molecule has 3 rings (SSSR count). The predicted octanol–water partition coefficient (Wildman–Crippen LogP) is 2.70. The number of nitrogens with zero attached hydrogens (tertiary/aromatic N) is 2. The van der Waals surface area contributed by atoms with Crippen LogP contribution in [0.4, 0.5) is 0 Å². The maximum Gasteiger partial charge on any atom is 0.255 e. The normalized spacial score (nSPS) is 15.5.